The van der Waals surface area contributed by atoms with E-state index in [1.165, 1.54) is 7.11 Å². The van der Waals surface area contributed by atoms with Gasteiger partial charge in [-0.1, -0.05) is 36.4 Å². The summed E-state index contributed by atoms with van der Waals surface area (Å²) in [5.41, 5.74) is 4.79. The van der Waals surface area contributed by atoms with E-state index in [1.807, 2.05) is 37.3 Å². The molecule has 1 heterocycles. The highest BCUT2D eigenvalue weighted by molar-refractivity contribution is 5.91. The minimum Gasteiger partial charge on any atom is -0.465 e. The van der Waals surface area contributed by atoms with Crippen LogP contribution in [0.4, 0.5) is 0 Å². The van der Waals surface area contributed by atoms with Crippen molar-refractivity contribution in [2.45, 2.75) is 26.1 Å². The summed E-state index contributed by atoms with van der Waals surface area (Å²) in [5, 5.41) is 0. The molecule has 0 saturated carbocycles. The lowest BCUT2D eigenvalue weighted by molar-refractivity contribution is 0.0543. The standard InChI is InChI=1S/C20H22O4/c1-13-10-15(8-9-17(13)20(21)22-3)19-7-5-4-6-18(19)14(2)23-11-16-12-24-16/h4-10,14,16H,11-12H2,1-3H3/t14-,16+/m1/s1. The van der Waals surface area contributed by atoms with E-state index in [4.69, 9.17) is 14.2 Å². The molecule has 0 bridgehead atoms. The maximum atomic E-state index is 11.8. The van der Waals surface area contributed by atoms with Gasteiger partial charge in [0.1, 0.15) is 6.10 Å². The van der Waals surface area contributed by atoms with Crippen LogP contribution in [0.3, 0.4) is 0 Å². The molecule has 4 heteroatoms. The third kappa shape index (κ3) is 3.66. The van der Waals surface area contributed by atoms with Gasteiger partial charge in [-0.05, 0) is 42.2 Å². The summed E-state index contributed by atoms with van der Waals surface area (Å²) in [7, 11) is 1.40. The van der Waals surface area contributed by atoms with Crippen molar-refractivity contribution in [2.24, 2.45) is 0 Å². The molecule has 24 heavy (non-hydrogen) atoms. The number of rotatable bonds is 6. The number of ether oxygens (including phenoxy) is 3. The molecule has 1 fully saturated rings. The van der Waals surface area contributed by atoms with Gasteiger partial charge in [-0.2, -0.15) is 0 Å². The van der Waals surface area contributed by atoms with Crippen molar-refractivity contribution in [1.82, 2.24) is 0 Å². The highest BCUT2D eigenvalue weighted by Gasteiger charge is 2.24. The summed E-state index contributed by atoms with van der Waals surface area (Å²) in [6.45, 7) is 5.39. The number of epoxide rings is 1. The fourth-order valence-corrected chi connectivity index (χ4v) is 2.79. The molecule has 4 nitrogen and oxygen atoms in total. The van der Waals surface area contributed by atoms with E-state index in [2.05, 4.69) is 19.1 Å². The van der Waals surface area contributed by atoms with Crippen LogP contribution in [0.5, 0.6) is 0 Å². The van der Waals surface area contributed by atoms with Crippen molar-refractivity contribution in [2.75, 3.05) is 20.3 Å². The summed E-state index contributed by atoms with van der Waals surface area (Å²) >= 11 is 0. The molecule has 0 amide bonds. The van der Waals surface area contributed by atoms with Gasteiger partial charge in [-0.15, -0.1) is 0 Å². The Morgan fingerprint density at radius 3 is 2.71 bits per heavy atom. The summed E-state index contributed by atoms with van der Waals surface area (Å²) < 4.78 is 15.9. The quantitative estimate of drug-likeness (QED) is 0.596. The van der Waals surface area contributed by atoms with E-state index in [0.717, 1.165) is 28.9 Å². The smallest absolute Gasteiger partial charge is 0.338 e. The Morgan fingerprint density at radius 2 is 2.04 bits per heavy atom. The molecule has 2 atom stereocenters. The van der Waals surface area contributed by atoms with Crippen LogP contribution in [-0.2, 0) is 14.2 Å². The highest BCUT2D eigenvalue weighted by atomic mass is 16.6. The normalized spacial score (nSPS) is 17.4. The summed E-state index contributed by atoms with van der Waals surface area (Å²) in [6, 6.07) is 14.0. The van der Waals surface area contributed by atoms with Gasteiger partial charge in [-0.3, -0.25) is 0 Å². The second kappa shape index (κ2) is 7.16. The van der Waals surface area contributed by atoms with Crippen LogP contribution in [0, 0.1) is 6.92 Å². The third-order valence-corrected chi connectivity index (χ3v) is 4.28. The SMILES string of the molecule is COC(=O)c1ccc(-c2ccccc2[C@@H](C)OC[C@H]2CO2)cc1C. The van der Waals surface area contributed by atoms with Crippen LogP contribution in [0.2, 0.25) is 0 Å². The molecule has 1 saturated heterocycles. The molecule has 0 unspecified atom stereocenters. The number of carbonyl (C=O) groups excluding carboxylic acids is 1. The molecule has 2 aromatic carbocycles. The molecule has 0 radical (unpaired) electrons. The molecule has 0 N–H and O–H groups in total. The summed E-state index contributed by atoms with van der Waals surface area (Å²) in [5.74, 6) is -0.312. The van der Waals surface area contributed by atoms with Gasteiger partial charge in [0.05, 0.1) is 32.0 Å². The summed E-state index contributed by atoms with van der Waals surface area (Å²) in [6.07, 6.45) is 0.229. The van der Waals surface area contributed by atoms with E-state index >= 15 is 0 Å². The Hall–Kier alpha value is -2.17. The lowest BCUT2D eigenvalue weighted by atomic mass is 9.94. The van der Waals surface area contributed by atoms with Gasteiger partial charge in [0.2, 0.25) is 0 Å². The molecule has 0 aromatic heterocycles. The number of hydrogen-bond donors (Lipinski definition) is 0. The number of carbonyl (C=O) groups is 1. The maximum Gasteiger partial charge on any atom is 0.338 e. The van der Waals surface area contributed by atoms with Gasteiger partial charge in [0, 0.05) is 0 Å². The average molecular weight is 326 g/mol. The Labute approximate surface area is 142 Å². The second-order valence-corrected chi connectivity index (χ2v) is 6.04. The molecular formula is C20H22O4. The van der Waals surface area contributed by atoms with Crippen LogP contribution in [0.25, 0.3) is 11.1 Å². The zero-order valence-corrected chi connectivity index (χ0v) is 14.2. The fourth-order valence-electron chi connectivity index (χ4n) is 2.79. The highest BCUT2D eigenvalue weighted by Crippen LogP contribution is 2.31. The van der Waals surface area contributed by atoms with Gasteiger partial charge < -0.3 is 14.2 Å². The lowest BCUT2D eigenvalue weighted by Crippen LogP contribution is -2.07. The first kappa shape index (κ1) is 16.7. The van der Waals surface area contributed by atoms with Crippen molar-refractivity contribution in [1.29, 1.82) is 0 Å². The second-order valence-electron chi connectivity index (χ2n) is 6.04. The first-order valence-corrected chi connectivity index (χ1v) is 8.11. The van der Waals surface area contributed by atoms with E-state index in [0.29, 0.717) is 12.2 Å². The number of aryl methyl sites for hydroxylation is 1. The minimum atomic E-state index is -0.312. The first-order chi connectivity index (χ1) is 11.6. The predicted molar refractivity (Wildman–Crippen MR) is 92.1 cm³/mol. The molecule has 3 rings (SSSR count). The van der Waals surface area contributed by atoms with Crippen LogP contribution >= 0.6 is 0 Å². The topological polar surface area (TPSA) is 48.1 Å². The van der Waals surface area contributed by atoms with Crippen molar-refractivity contribution >= 4 is 5.97 Å². The minimum absolute atomic E-state index is 0.0222. The van der Waals surface area contributed by atoms with Crippen LogP contribution in [0.15, 0.2) is 42.5 Å². The van der Waals surface area contributed by atoms with Crippen LogP contribution in [0.1, 0.15) is 34.5 Å². The molecule has 0 spiro atoms. The monoisotopic (exact) mass is 326 g/mol. The number of esters is 1. The predicted octanol–water partition coefficient (Wildman–Crippen LogP) is 3.93. The van der Waals surface area contributed by atoms with E-state index in [1.54, 1.807) is 0 Å². The zero-order valence-electron chi connectivity index (χ0n) is 14.2. The lowest BCUT2D eigenvalue weighted by Gasteiger charge is -2.18. The molecular weight excluding hydrogens is 304 g/mol. The fraction of sp³-hybridized carbons (Fsp3) is 0.350. The van der Waals surface area contributed by atoms with Crippen molar-refractivity contribution in [3.05, 3.63) is 59.2 Å². The van der Waals surface area contributed by atoms with E-state index < -0.39 is 0 Å². The average Bonchev–Trinajstić information content (AvgIpc) is 3.43. The Kier molecular flexibility index (Phi) is 4.97. The van der Waals surface area contributed by atoms with Gasteiger partial charge in [-0.25, -0.2) is 4.79 Å². The molecule has 126 valence electrons. The van der Waals surface area contributed by atoms with E-state index in [-0.39, 0.29) is 18.2 Å². The largest absolute Gasteiger partial charge is 0.465 e. The van der Waals surface area contributed by atoms with Crippen molar-refractivity contribution < 1.29 is 19.0 Å². The van der Waals surface area contributed by atoms with Crippen molar-refractivity contribution in [3.63, 3.8) is 0 Å². The van der Waals surface area contributed by atoms with Gasteiger partial charge in [0.15, 0.2) is 0 Å². The number of hydrogen-bond acceptors (Lipinski definition) is 4. The molecule has 1 aliphatic rings. The molecule has 0 aliphatic carbocycles. The Balaban J connectivity index is 1.88. The first-order valence-electron chi connectivity index (χ1n) is 8.11. The Bertz CT molecular complexity index is 734. The summed E-state index contributed by atoms with van der Waals surface area (Å²) in [4.78, 5) is 11.8. The molecule has 2 aromatic rings. The zero-order chi connectivity index (χ0) is 17.1. The van der Waals surface area contributed by atoms with Crippen molar-refractivity contribution in [3.8, 4) is 11.1 Å². The molecule has 1 aliphatic heterocycles. The number of methoxy groups -OCH3 is 1. The maximum absolute atomic E-state index is 11.8. The third-order valence-electron chi connectivity index (χ3n) is 4.28. The Morgan fingerprint density at radius 1 is 1.29 bits per heavy atom. The van der Waals surface area contributed by atoms with E-state index in [9.17, 15) is 4.79 Å². The number of benzene rings is 2. The van der Waals surface area contributed by atoms with Crippen LogP contribution in [-0.4, -0.2) is 32.4 Å². The van der Waals surface area contributed by atoms with Crippen LogP contribution < -0.4 is 0 Å². The van der Waals surface area contributed by atoms with Gasteiger partial charge >= 0.3 is 5.97 Å². The van der Waals surface area contributed by atoms with Gasteiger partial charge in [0.25, 0.3) is 0 Å².